The van der Waals surface area contributed by atoms with Crippen molar-refractivity contribution >= 4 is 11.6 Å². The molecule has 1 heterocycles. The number of nitrogens with zero attached hydrogens (tertiary/aromatic N) is 1. The molecular weight excluding hydrogens is 402 g/mol. The highest BCUT2D eigenvalue weighted by Gasteiger charge is 2.48. The van der Waals surface area contributed by atoms with Crippen LogP contribution in [0.25, 0.3) is 0 Å². The quantitative estimate of drug-likeness (QED) is 0.674. The van der Waals surface area contributed by atoms with Gasteiger partial charge >= 0.3 is 0 Å². The van der Waals surface area contributed by atoms with Crippen LogP contribution in [0.1, 0.15) is 78.7 Å². The van der Waals surface area contributed by atoms with Gasteiger partial charge in [-0.05, 0) is 55.2 Å². The number of phenolic OH excluding ortho intramolecular Hbond substituents is 1. The summed E-state index contributed by atoms with van der Waals surface area (Å²) in [6.45, 7) is 13.7. The number of rotatable bonds is 4. The van der Waals surface area contributed by atoms with E-state index < -0.39 is 5.92 Å². The normalized spacial score (nSPS) is 22.8. The minimum atomic E-state index is -0.408. The van der Waals surface area contributed by atoms with Crippen molar-refractivity contribution in [2.75, 3.05) is 13.2 Å². The number of Topliss-reactive ketones (excluding diaryl/α,β-unsaturated/α-hetero) is 2. The third-order valence-corrected chi connectivity index (χ3v) is 6.96. The Bertz CT molecular complexity index is 990. The average Bonchev–Trinajstić information content (AvgIpc) is 2.66. The SMILES string of the molecule is CCOc1cc(C2C3=C(CC(C)(C)CC3=O)N(CC)C3=C2C(=O)CC(C)(C)C3)ccc1O. The summed E-state index contributed by atoms with van der Waals surface area (Å²) in [4.78, 5) is 29.4. The van der Waals surface area contributed by atoms with Gasteiger partial charge in [0, 0.05) is 47.8 Å². The van der Waals surface area contributed by atoms with Gasteiger partial charge in [-0.3, -0.25) is 9.59 Å². The Kier molecular flexibility index (Phi) is 5.51. The predicted molar refractivity (Wildman–Crippen MR) is 124 cm³/mol. The Morgan fingerprint density at radius 1 is 0.938 bits per heavy atom. The summed E-state index contributed by atoms with van der Waals surface area (Å²) in [5.41, 5.74) is 4.24. The summed E-state index contributed by atoms with van der Waals surface area (Å²) in [5.74, 6) is 0.288. The number of carbonyl (C=O) groups excluding carboxylic acids is 2. The minimum absolute atomic E-state index is 0.0669. The second kappa shape index (κ2) is 7.79. The van der Waals surface area contributed by atoms with E-state index in [0.717, 1.165) is 47.5 Å². The zero-order valence-electron chi connectivity index (χ0n) is 20.2. The third-order valence-electron chi connectivity index (χ3n) is 6.96. The van der Waals surface area contributed by atoms with Gasteiger partial charge < -0.3 is 14.7 Å². The van der Waals surface area contributed by atoms with Gasteiger partial charge in [0.05, 0.1) is 6.61 Å². The smallest absolute Gasteiger partial charge is 0.162 e. The number of carbonyl (C=O) groups is 2. The predicted octanol–water partition coefficient (Wildman–Crippen LogP) is 5.50. The molecule has 1 aromatic rings. The molecule has 0 fully saturated rings. The van der Waals surface area contributed by atoms with Crippen LogP contribution < -0.4 is 4.74 Å². The van der Waals surface area contributed by atoms with Crippen molar-refractivity contribution in [2.24, 2.45) is 10.8 Å². The molecule has 5 nitrogen and oxygen atoms in total. The number of aromatic hydroxyl groups is 1. The molecule has 5 heteroatoms. The van der Waals surface area contributed by atoms with Crippen LogP contribution in [0.4, 0.5) is 0 Å². The fraction of sp³-hybridized carbons (Fsp3) is 0.556. The van der Waals surface area contributed by atoms with Crippen LogP contribution in [-0.2, 0) is 9.59 Å². The summed E-state index contributed by atoms with van der Waals surface area (Å²) in [6, 6.07) is 5.25. The number of ketones is 2. The molecule has 4 rings (SSSR count). The Morgan fingerprint density at radius 2 is 1.47 bits per heavy atom. The number of hydrogen-bond donors (Lipinski definition) is 1. The zero-order valence-corrected chi connectivity index (χ0v) is 20.2. The first-order valence-electron chi connectivity index (χ1n) is 11.7. The fourth-order valence-electron chi connectivity index (χ4n) is 5.74. The van der Waals surface area contributed by atoms with E-state index in [1.807, 2.05) is 13.0 Å². The Balaban J connectivity index is 1.98. The van der Waals surface area contributed by atoms with Crippen molar-refractivity contribution in [1.29, 1.82) is 0 Å². The van der Waals surface area contributed by atoms with Crippen LogP contribution in [0, 0.1) is 10.8 Å². The third kappa shape index (κ3) is 3.76. The van der Waals surface area contributed by atoms with Gasteiger partial charge in [0.25, 0.3) is 0 Å². The lowest BCUT2D eigenvalue weighted by Gasteiger charge is -2.48. The number of benzene rings is 1. The Hall–Kier alpha value is -2.56. The van der Waals surface area contributed by atoms with Gasteiger partial charge in [-0.2, -0.15) is 0 Å². The molecule has 0 saturated carbocycles. The molecule has 0 radical (unpaired) electrons. The molecule has 0 atom stereocenters. The van der Waals surface area contributed by atoms with E-state index in [2.05, 4.69) is 39.5 Å². The number of allylic oxidation sites excluding steroid dienone is 4. The first-order chi connectivity index (χ1) is 15.0. The Labute approximate surface area is 191 Å². The zero-order chi connectivity index (χ0) is 23.4. The van der Waals surface area contributed by atoms with Crippen LogP contribution in [0.3, 0.4) is 0 Å². The van der Waals surface area contributed by atoms with E-state index in [-0.39, 0.29) is 28.1 Å². The van der Waals surface area contributed by atoms with Crippen molar-refractivity contribution in [3.63, 3.8) is 0 Å². The highest BCUT2D eigenvalue weighted by molar-refractivity contribution is 6.06. The van der Waals surface area contributed by atoms with Gasteiger partial charge in [-0.1, -0.05) is 33.8 Å². The van der Waals surface area contributed by atoms with E-state index in [0.29, 0.717) is 25.2 Å². The number of ether oxygens (including phenoxy) is 1. The van der Waals surface area contributed by atoms with E-state index in [4.69, 9.17) is 4.74 Å². The average molecular weight is 438 g/mol. The lowest BCUT2D eigenvalue weighted by Crippen LogP contribution is -2.44. The molecule has 1 aromatic carbocycles. The molecule has 1 aliphatic heterocycles. The molecular formula is C27H35NO4. The largest absolute Gasteiger partial charge is 0.504 e. The molecule has 0 bridgehead atoms. The Morgan fingerprint density at radius 3 is 1.94 bits per heavy atom. The highest BCUT2D eigenvalue weighted by Crippen LogP contribution is 2.54. The first-order valence-corrected chi connectivity index (χ1v) is 11.7. The van der Waals surface area contributed by atoms with Crippen LogP contribution >= 0.6 is 0 Å². The van der Waals surface area contributed by atoms with Crippen LogP contribution in [0.2, 0.25) is 0 Å². The topological polar surface area (TPSA) is 66.8 Å². The lowest BCUT2D eigenvalue weighted by atomic mass is 9.63. The summed E-state index contributed by atoms with van der Waals surface area (Å²) >= 11 is 0. The molecule has 0 spiro atoms. The molecule has 0 unspecified atom stereocenters. The molecule has 0 saturated heterocycles. The second-order valence-corrected chi connectivity index (χ2v) is 10.9. The summed E-state index contributed by atoms with van der Waals surface area (Å²) in [5, 5.41) is 10.3. The van der Waals surface area contributed by atoms with Crippen molar-refractivity contribution in [3.05, 3.63) is 46.3 Å². The number of hydrogen-bond acceptors (Lipinski definition) is 5. The molecule has 1 N–H and O–H groups in total. The van der Waals surface area contributed by atoms with Gasteiger partial charge in [0.2, 0.25) is 0 Å². The van der Waals surface area contributed by atoms with Crippen molar-refractivity contribution < 1.29 is 19.4 Å². The maximum absolute atomic E-state index is 13.6. The lowest BCUT2D eigenvalue weighted by molar-refractivity contribution is -0.119. The van der Waals surface area contributed by atoms with E-state index >= 15 is 0 Å². The maximum Gasteiger partial charge on any atom is 0.162 e. The van der Waals surface area contributed by atoms with E-state index in [1.54, 1.807) is 12.1 Å². The summed E-state index contributed by atoms with van der Waals surface area (Å²) in [7, 11) is 0. The van der Waals surface area contributed by atoms with Gasteiger partial charge in [-0.25, -0.2) is 0 Å². The van der Waals surface area contributed by atoms with Crippen LogP contribution in [0.5, 0.6) is 11.5 Å². The van der Waals surface area contributed by atoms with Gasteiger partial charge in [0.1, 0.15) is 0 Å². The molecule has 172 valence electrons. The van der Waals surface area contributed by atoms with Crippen molar-refractivity contribution in [2.45, 2.75) is 73.1 Å². The summed E-state index contributed by atoms with van der Waals surface area (Å²) < 4.78 is 5.64. The monoisotopic (exact) mass is 437 g/mol. The standard InChI is InChI=1S/C27H35NO4/c1-7-28-17-12-26(3,4)14-20(30)24(17)23(16-9-10-19(29)22(11-16)32-8-2)25-18(28)13-27(5,6)15-21(25)31/h9-11,23,29H,7-8,12-15H2,1-6H3. The molecule has 3 aliphatic rings. The minimum Gasteiger partial charge on any atom is -0.504 e. The molecule has 0 aromatic heterocycles. The molecule has 0 amide bonds. The van der Waals surface area contributed by atoms with Crippen molar-refractivity contribution in [1.82, 2.24) is 4.90 Å². The van der Waals surface area contributed by atoms with Gasteiger partial charge in [0.15, 0.2) is 23.1 Å². The van der Waals surface area contributed by atoms with Crippen molar-refractivity contribution in [3.8, 4) is 11.5 Å². The fourth-order valence-corrected chi connectivity index (χ4v) is 5.74. The molecule has 32 heavy (non-hydrogen) atoms. The second-order valence-electron chi connectivity index (χ2n) is 10.9. The maximum atomic E-state index is 13.6. The van der Waals surface area contributed by atoms with Crippen LogP contribution in [0.15, 0.2) is 40.7 Å². The highest BCUT2D eigenvalue weighted by atomic mass is 16.5. The van der Waals surface area contributed by atoms with Crippen LogP contribution in [-0.4, -0.2) is 34.7 Å². The molecule has 2 aliphatic carbocycles. The summed E-state index contributed by atoms with van der Waals surface area (Å²) in [6.07, 6.45) is 2.55. The number of phenols is 1. The van der Waals surface area contributed by atoms with Gasteiger partial charge in [-0.15, -0.1) is 0 Å². The van der Waals surface area contributed by atoms with E-state index in [1.165, 1.54) is 0 Å². The first kappa shape index (κ1) is 22.6. The van der Waals surface area contributed by atoms with E-state index in [9.17, 15) is 14.7 Å².